The molecule has 0 saturated heterocycles. The Morgan fingerprint density at radius 1 is 1.04 bits per heavy atom. The number of nitrogens with one attached hydrogen (secondary N) is 2. The number of nitrogens with zero attached hydrogens (tertiary/aromatic N) is 3. The van der Waals surface area contributed by atoms with Crippen molar-refractivity contribution in [2.75, 3.05) is 10.6 Å². The summed E-state index contributed by atoms with van der Waals surface area (Å²) >= 11 is 0. The third kappa shape index (κ3) is 4.36. The second-order valence-electron chi connectivity index (χ2n) is 6.75. The summed E-state index contributed by atoms with van der Waals surface area (Å²) in [6, 6.07) is 12.3. The van der Waals surface area contributed by atoms with Crippen molar-refractivity contribution in [2.45, 2.75) is 40.2 Å². The van der Waals surface area contributed by atoms with Crippen molar-refractivity contribution in [3.63, 3.8) is 0 Å². The topological polar surface area (TPSA) is 62.7 Å². The number of hydrogen-bond acceptors (Lipinski definition) is 5. The smallest absolute Gasteiger partial charge is 0.229 e. The first kappa shape index (κ1) is 17.9. The van der Waals surface area contributed by atoms with Crippen molar-refractivity contribution in [1.82, 2.24) is 15.0 Å². The summed E-state index contributed by atoms with van der Waals surface area (Å²) in [5, 5.41) is 6.78. The molecule has 3 aromatic rings. The molecule has 0 bridgehead atoms. The molecule has 5 nitrogen and oxygen atoms in total. The first-order chi connectivity index (χ1) is 12.5. The minimum atomic E-state index is 0.422. The highest BCUT2D eigenvalue weighted by molar-refractivity contribution is 5.64. The van der Waals surface area contributed by atoms with Crippen LogP contribution in [0, 0.1) is 13.8 Å². The SMILES string of the molecule is Cc1cc(NCc2cccnc2)nc(Nc2c(C)cccc2C(C)C)n1. The molecule has 134 valence electrons. The molecule has 5 heteroatoms. The Hall–Kier alpha value is -2.95. The highest BCUT2D eigenvalue weighted by Gasteiger charge is 2.11. The zero-order chi connectivity index (χ0) is 18.5. The van der Waals surface area contributed by atoms with Crippen LogP contribution in [0.1, 0.15) is 42.1 Å². The van der Waals surface area contributed by atoms with Gasteiger partial charge in [0.25, 0.3) is 0 Å². The molecule has 2 aromatic heterocycles. The Morgan fingerprint density at radius 2 is 1.88 bits per heavy atom. The third-order valence-electron chi connectivity index (χ3n) is 4.21. The highest BCUT2D eigenvalue weighted by Crippen LogP contribution is 2.29. The summed E-state index contributed by atoms with van der Waals surface area (Å²) in [4.78, 5) is 13.3. The largest absolute Gasteiger partial charge is 0.366 e. The van der Waals surface area contributed by atoms with Gasteiger partial charge in [-0.1, -0.05) is 38.1 Å². The normalized spacial score (nSPS) is 10.8. The third-order valence-corrected chi connectivity index (χ3v) is 4.21. The summed E-state index contributed by atoms with van der Waals surface area (Å²) in [5.74, 6) is 1.82. The lowest BCUT2D eigenvalue weighted by atomic mass is 9.98. The molecule has 0 saturated carbocycles. The molecule has 2 heterocycles. The van der Waals surface area contributed by atoms with Crippen molar-refractivity contribution in [3.05, 3.63) is 71.2 Å². The summed E-state index contributed by atoms with van der Waals surface area (Å²) in [6.07, 6.45) is 3.62. The fourth-order valence-electron chi connectivity index (χ4n) is 2.86. The van der Waals surface area contributed by atoms with E-state index in [1.54, 1.807) is 6.20 Å². The number of benzene rings is 1. The van der Waals surface area contributed by atoms with Gasteiger partial charge in [-0.15, -0.1) is 0 Å². The Labute approximate surface area is 154 Å². The number of anilines is 3. The molecule has 0 aliphatic heterocycles. The quantitative estimate of drug-likeness (QED) is 0.659. The van der Waals surface area contributed by atoms with E-state index < -0.39 is 0 Å². The molecule has 26 heavy (non-hydrogen) atoms. The fraction of sp³-hybridized carbons (Fsp3) is 0.286. The summed E-state index contributed by atoms with van der Waals surface area (Å²) in [5.41, 5.74) is 5.56. The molecule has 0 spiro atoms. The van der Waals surface area contributed by atoms with Gasteiger partial charge in [-0.25, -0.2) is 4.98 Å². The predicted octanol–water partition coefficient (Wildman–Crippen LogP) is 4.97. The predicted molar refractivity (Wildman–Crippen MR) is 107 cm³/mol. The minimum absolute atomic E-state index is 0.422. The van der Waals surface area contributed by atoms with E-state index in [0.717, 1.165) is 22.8 Å². The lowest BCUT2D eigenvalue weighted by molar-refractivity contribution is 0.866. The molecular formula is C21H25N5. The molecule has 0 atom stereocenters. The van der Waals surface area contributed by atoms with E-state index in [-0.39, 0.29) is 0 Å². The summed E-state index contributed by atoms with van der Waals surface area (Å²) in [6.45, 7) is 9.14. The van der Waals surface area contributed by atoms with E-state index in [0.29, 0.717) is 18.4 Å². The van der Waals surface area contributed by atoms with Crippen molar-refractivity contribution >= 4 is 17.5 Å². The zero-order valence-corrected chi connectivity index (χ0v) is 15.7. The van der Waals surface area contributed by atoms with Crippen LogP contribution in [0.25, 0.3) is 0 Å². The van der Waals surface area contributed by atoms with E-state index >= 15 is 0 Å². The van der Waals surface area contributed by atoms with Crippen LogP contribution in [0.4, 0.5) is 17.5 Å². The maximum atomic E-state index is 4.63. The first-order valence-electron chi connectivity index (χ1n) is 8.88. The molecule has 2 N–H and O–H groups in total. The molecule has 3 rings (SSSR count). The zero-order valence-electron chi connectivity index (χ0n) is 15.7. The van der Waals surface area contributed by atoms with Gasteiger partial charge in [0.15, 0.2) is 0 Å². The van der Waals surface area contributed by atoms with E-state index in [9.17, 15) is 0 Å². The average Bonchev–Trinajstić information content (AvgIpc) is 2.62. The van der Waals surface area contributed by atoms with Crippen LogP contribution in [-0.4, -0.2) is 15.0 Å². The summed E-state index contributed by atoms with van der Waals surface area (Å²) in [7, 11) is 0. The van der Waals surface area contributed by atoms with Gasteiger partial charge < -0.3 is 10.6 Å². The van der Waals surface area contributed by atoms with Crippen LogP contribution in [0.2, 0.25) is 0 Å². The van der Waals surface area contributed by atoms with Gasteiger partial charge in [-0.2, -0.15) is 4.98 Å². The highest BCUT2D eigenvalue weighted by atomic mass is 15.1. The van der Waals surface area contributed by atoms with E-state index in [1.807, 2.05) is 31.3 Å². The number of aryl methyl sites for hydroxylation is 2. The molecule has 0 aliphatic rings. The molecule has 0 amide bonds. The maximum Gasteiger partial charge on any atom is 0.229 e. The van der Waals surface area contributed by atoms with Gasteiger partial charge in [0.1, 0.15) is 5.82 Å². The first-order valence-corrected chi connectivity index (χ1v) is 8.88. The standard InChI is InChI=1S/C21H25N5/c1-14(2)18-9-5-7-15(3)20(18)26-21-24-16(4)11-19(25-21)23-13-17-8-6-10-22-12-17/h5-12,14H,13H2,1-4H3,(H2,23,24,25,26). The number of para-hydroxylation sites is 1. The average molecular weight is 347 g/mol. The van der Waals surface area contributed by atoms with Gasteiger partial charge in [-0.3, -0.25) is 4.98 Å². The van der Waals surface area contributed by atoms with Gasteiger partial charge in [0, 0.05) is 36.4 Å². The molecule has 0 radical (unpaired) electrons. The maximum absolute atomic E-state index is 4.63. The second kappa shape index (κ2) is 7.95. The Bertz CT molecular complexity index is 875. The van der Waals surface area contributed by atoms with E-state index in [4.69, 9.17) is 0 Å². The number of hydrogen-bond donors (Lipinski definition) is 2. The van der Waals surface area contributed by atoms with Gasteiger partial charge in [-0.05, 0) is 42.5 Å². The number of rotatable bonds is 6. The van der Waals surface area contributed by atoms with Gasteiger partial charge in [0.05, 0.1) is 0 Å². The summed E-state index contributed by atoms with van der Waals surface area (Å²) < 4.78 is 0. The molecule has 0 fully saturated rings. The Balaban J connectivity index is 1.82. The fourth-order valence-corrected chi connectivity index (χ4v) is 2.86. The second-order valence-corrected chi connectivity index (χ2v) is 6.75. The number of aromatic nitrogens is 3. The molecular weight excluding hydrogens is 322 g/mol. The minimum Gasteiger partial charge on any atom is -0.366 e. The van der Waals surface area contributed by atoms with Crippen LogP contribution in [0.5, 0.6) is 0 Å². The van der Waals surface area contributed by atoms with Crippen molar-refractivity contribution in [2.24, 2.45) is 0 Å². The Kier molecular flexibility index (Phi) is 5.46. The van der Waals surface area contributed by atoms with Crippen LogP contribution in [0.3, 0.4) is 0 Å². The van der Waals surface area contributed by atoms with Crippen LogP contribution < -0.4 is 10.6 Å². The van der Waals surface area contributed by atoms with Gasteiger partial charge in [0.2, 0.25) is 5.95 Å². The lowest BCUT2D eigenvalue weighted by Crippen LogP contribution is -2.07. The van der Waals surface area contributed by atoms with E-state index in [1.165, 1.54) is 11.1 Å². The van der Waals surface area contributed by atoms with Crippen molar-refractivity contribution in [1.29, 1.82) is 0 Å². The van der Waals surface area contributed by atoms with Crippen LogP contribution in [0.15, 0.2) is 48.8 Å². The molecule has 1 aromatic carbocycles. The monoisotopic (exact) mass is 347 g/mol. The molecule has 0 aliphatic carbocycles. The lowest BCUT2D eigenvalue weighted by Gasteiger charge is -2.17. The number of pyridine rings is 1. The van der Waals surface area contributed by atoms with Crippen LogP contribution in [-0.2, 0) is 6.54 Å². The van der Waals surface area contributed by atoms with Gasteiger partial charge >= 0.3 is 0 Å². The van der Waals surface area contributed by atoms with Crippen LogP contribution >= 0.6 is 0 Å². The molecule has 0 unspecified atom stereocenters. The van der Waals surface area contributed by atoms with E-state index in [2.05, 4.69) is 64.6 Å². The van der Waals surface area contributed by atoms with Crippen molar-refractivity contribution in [3.8, 4) is 0 Å². The Morgan fingerprint density at radius 3 is 2.62 bits per heavy atom. The van der Waals surface area contributed by atoms with Crippen molar-refractivity contribution < 1.29 is 0 Å².